The lowest BCUT2D eigenvalue weighted by Crippen LogP contribution is -2.20. The number of hydrogen-bond donors (Lipinski definition) is 1. The number of allylic oxidation sites excluding steroid dienone is 3. The third-order valence-corrected chi connectivity index (χ3v) is 1.41. The average molecular weight is 190 g/mol. The Labute approximate surface area is 84.4 Å². The van der Waals surface area contributed by atoms with E-state index in [2.05, 4.69) is 18.5 Å². The highest BCUT2D eigenvalue weighted by Gasteiger charge is 1.98. The fraction of sp³-hybridized carbons (Fsp3) is 0.273. The number of rotatable bonds is 5. The third-order valence-electron chi connectivity index (χ3n) is 1.41. The van der Waals surface area contributed by atoms with Crippen molar-refractivity contribution >= 4 is 5.91 Å². The van der Waals surface area contributed by atoms with Crippen molar-refractivity contribution in [2.24, 2.45) is 0 Å². The summed E-state index contributed by atoms with van der Waals surface area (Å²) in [6.45, 7) is 9.00. The van der Waals surface area contributed by atoms with Gasteiger partial charge in [-0.15, -0.1) is 0 Å². The van der Waals surface area contributed by atoms with Crippen LogP contribution in [-0.2, 0) is 4.79 Å². The van der Waals surface area contributed by atoms with Gasteiger partial charge < -0.3 is 5.32 Å². The molecule has 0 aromatic rings. The van der Waals surface area contributed by atoms with Crippen molar-refractivity contribution in [1.29, 1.82) is 5.26 Å². The highest BCUT2D eigenvalue weighted by atomic mass is 16.1. The molecule has 0 aliphatic rings. The molecule has 0 bridgehead atoms. The Morgan fingerprint density at radius 3 is 2.64 bits per heavy atom. The first-order valence-corrected chi connectivity index (χ1v) is 4.36. The second-order valence-corrected chi connectivity index (χ2v) is 2.79. The number of hydrogen-bond acceptors (Lipinski definition) is 2. The predicted molar refractivity (Wildman–Crippen MR) is 56.1 cm³/mol. The zero-order valence-electron chi connectivity index (χ0n) is 8.34. The lowest BCUT2D eigenvalue weighted by atomic mass is 10.2. The molecule has 1 amide bonds. The van der Waals surface area contributed by atoms with E-state index in [1.165, 1.54) is 6.08 Å². The number of carbonyl (C=O) groups excluding carboxylic acids is 1. The third kappa shape index (κ3) is 5.78. The molecule has 0 aliphatic heterocycles. The van der Waals surface area contributed by atoms with E-state index < -0.39 is 0 Å². The van der Waals surface area contributed by atoms with Crippen LogP contribution in [0.5, 0.6) is 0 Å². The minimum absolute atomic E-state index is 0.0651. The quantitative estimate of drug-likeness (QED) is 0.533. The fourth-order valence-corrected chi connectivity index (χ4v) is 0.749. The molecule has 1 N–H and O–H groups in total. The van der Waals surface area contributed by atoms with Gasteiger partial charge in [-0.2, -0.15) is 5.26 Å². The van der Waals surface area contributed by atoms with Gasteiger partial charge in [0.05, 0.1) is 6.07 Å². The van der Waals surface area contributed by atoms with Gasteiger partial charge in [0.2, 0.25) is 5.91 Å². The summed E-state index contributed by atoms with van der Waals surface area (Å²) < 4.78 is 0. The molecule has 0 aromatic heterocycles. The van der Waals surface area contributed by atoms with Crippen molar-refractivity contribution < 1.29 is 4.79 Å². The van der Waals surface area contributed by atoms with Crippen LogP contribution in [0.15, 0.2) is 36.6 Å². The van der Waals surface area contributed by atoms with Crippen molar-refractivity contribution in [3.63, 3.8) is 0 Å². The molecule has 0 fully saturated rings. The molecular weight excluding hydrogens is 176 g/mol. The van der Waals surface area contributed by atoms with Gasteiger partial charge in [-0.3, -0.25) is 4.79 Å². The topological polar surface area (TPSA) is 52.9 Å². The largest absolute Gasteiger partial charge is 0.327 e. The smallest absolute Gasteiger partial charge is 0.224 e. The van der Waals surface area contributed by atoms with Crippen LogP contribution in [0.25, 0.3) is 0 Å². The van der Waals surface area contributed by atoms with Gasteiger partial charge >= 0.3 is 0 Å². The van der Waals surface area contributed by atoms with Gasteiger partial charge in [0, 0.05) is 17.7 Å². The van der Waals surface area contributed by atoms with Gasteiger partial charge in [0.15, 0.2) is 0 Å². The van der Waals surface area contributed by atoms with Gasteiger partial charge in [0.25, 0.3) is 0 Å². The van der Waals surface area contributed by atoms with Gasteiger partial charge in [-0.25, -0.2) is 0 Å². The normalized spacial score (nSPS) is 9.43. The van der Waals surface area contributed by atoms with Crippen LogP contribution < -0.4 is 5.32 Å². The standard InChI is InChI=1S/C11H14N2O/c1-4-5-11(14)13-10(3)7-6-9(2)8-12/h6-7H,2-5H2,1H3,(H,13,14)/b7-6-. The van der Waals surface area contributed by atoms with Crippen molar-refractivity contribution in [3.05, 3.63) is 36.6 Å². The first-order valence-electron chi connectivity index (χ1n) is 4.36. The Kier molecular flexibility index (Phi) is 5.80. The van der Waals surface area contributed by atoms with Crippen LogP contribution in [0.2, 0.25) is 0 Å². The number of nitrogens with one attached hydrogen (secondary N) is 1. The van der Waals surface area contributed by atoms with Crippen LogP contribution in [0, 0.1) is 11.3 Å². The van der Waals surface area contributed by atoms with Crippen LogP contribution in [0.3, 0.4) is 0 Å². The first-order chi connectivity index (χ1) is 6.60. The van der Waals surface area contributed by atoms with Gasteiger partial charge in [-0.1, -0.05) is 20.1 Å². The van der Waals surface area contributed by atoms with Crippen molar-refractivity contribution in [2.45, 2.75) is 19.8 Å². The van der Waals surface area contributed by atoms with Crippen molar-refractivity contribution in [3.8, 4) is 6.07 Å². The molecule has 0 unspecified atom stereocenters. The second-order valence-electron chi connectivity index (χ2n) is 2.79. The van der Waals surface area contributed by atoms with E-state index in [4.69, 9.17) is 5.26 Å². The summed E-state index contributed by atoms with van der Waals surface area (Å²) in [7, 11) is 0. The zero-order valence-corrected chi connectivity index (χ0v) is 8.34. The molecule has 0 saturated heterocycles. The summed E-state index contributed by atoms with van der Waals surface area (Å²) in [4.78, 5) is 11.1. The highest BCUT2D eigenvalue weighted by Crippen LogP contribution is 1.95. The Morgan fingerprint density at radius 2 is 2.14 bits per heavy atom. The Morgan fingerprint density at radius 1 is 1.50 bits per heavy atom. The molecule has 0 saturated carbocycles. The molecule has 74 valence electrons. The summed E-state index contributed by atoms with van der Waals surface area (Å²) in [5.41, 5.74) is 0.802. The first kappa shape index (κ1) is 12.2. The molecule has 0 aliphatic carbocycles. The summed E-state index contributed by atoms with van der Waals surface area (Å²) in [6, 6.07) is 1.86. The molecule has 0 radical (unpaired) electrons. The minimum Gasteiger partial charge on any atom is -0.327 e. The Bertz CT molecular complexity index is 308. The summed E-state index contributed by atoms with van der Waals surface area (Å²) in [6.07, 6.45) is 4.34. The average Bonchev–Trinajstić information content (AvgIpc) is 2.14. The summed E-state index contributed by atoms with van der Waals surface area (Å²) in [5, 5.41) is 11.0. The highest BCUT2D eigenvalue weighted by molar-refractivity contribution is 5.78. The van der Waals surface area contributed by atoms with E-state index in [0.29, 0.717) is 17.7 Å². The van der Waals surface area contributed by atoms with Crippen LogP contribution in [-0.4, -0.2) is 5.91 Å². The number of amides is 1. The molecule has 3 heteroatoms. The van der Waals surface area contributed by atoms with E-state index in [1.54, 1.807) is 6.08 Å². The minimum atomic E-state index is -0.0651. The summed E-state index contributed by atoms with van der Waals surface area (Å²) >= 11 is 0. The van der Waals surface area contributed by atoms with Crippen LogP contribution in [0.1, 0.15) is 19.8 Å². The Balaban J connectivity index is 4.00. The molecule has 0 atom stereocenters. The maximum absolute atomic E-state index is 11.1. The molecule has 0 rings (SSSR count). The van der Waals surface area contributed by atoms with E-state index in [-0.39, 0.29) is 5.91 Å². The van der Waals surface area contributed by atoms with Crippen molar-refractivity contribution in [2.75, 3.05) is 0 Å². The number of nitrogens with zero attached hydrogens (tertiary/aromatic N) is 1. The van der Waals surface area contributed by atoms with E-state index in [9.17, 15) is 4.79 Å². The maximum Gasteiger partial charge on any atom is 0.224 e. The number of carbonyl (C=O) groups is 1. The molecule has 0 aromatic carbocycles. The van der Waals surface area contributed by atoms with E-state index in [1.807, 2.05) is 13.0 Å². The SMILES string of the molecule is C=C(C#N)/C=C\C(=C)NC(=O)CCC. The molecule has 0 heterocycles. The second kappa shape index (κ2) is 6.67. The monoisotopic (exact) mass is 190 g/mol. The van der Waals surface area contributed by atoms with Crippen LogP contribution >= 0.6 is 0 Å². The zero-order chi connectivity index (χ0) is 11.0. The Hall–Kier alpha value is -1.82. The maximum atomic E-state index is 11.1. The van der Waals surface area contributed by atoms with E-state index in [0.717, 1.165) is 6.42 Å². The molecule has 3 nitrogen and oxygen atoms in total. The summed E-state index contributed by atoms with van der Waals surface area (Å²) in [5.74, 6) is -0.0651. The lowest BCUT2D eigenvalue weighted by molar-refractivity contribution is -0.120. The van der Waals surface area contributed by atoms with Crippen LogP contribution in [0.4, 0.5) is 0 Å². The van der Waals surface area contributed by atoms with Gasteiger partial charge in [0.1, 0.15) is 0 Å². The fourth-order valence-electron chi connectivity index (χ4n) is 0.749. The van der Waals surface area contributed by atoms with Gasteiger partial charge in [-0.05, 0) is 18.6 Å². The number of nitriles is 1. The molecule has 14 heavy (non-hydrogen) atoms. The lowest BCUT2D eigenvalue weighted by Gasteiger charge is -2.02. The molecular formula is C11H14N2O. The van der Waals surface area contributed by atoms with E-state index >= 15 is 0 Å². The molecule has 0 spiro atoms. The predicted octanol–water partition coefficient (Wildman–Crippen LogP) is 2.05. The van der Waals surface area contributed by atoms with Crippen molar-refractivity contribution in [1.82, 2.24) is 5.32 Å².